The van der Waals surface area contributed by atoms with Crippen LogP contribution in [-0.2, 0) is 0 Å². The van der Waals surface area contributed by atoms with E-state index in [0.717, 1.165) is 30.6 Å². The van der Waals surface area contributed by atoms with Gasteiger partial charge < -0.3 is 9.47 Å². The van der Waals surface area contributed by atoms with Gasteiger partial charge in [-0.1, -0.05) is 12.2 Å². The monoisotopic (exact) mass is 392 g/mol. The fourth-order valence-corrected chi connectivity index (χ4v) is 5.01. The molecule has 1 aromatic carbocycles. The van der Waals surface area contributed by atoms with Crippen molar-refractivity contribution in [3.8, 4) is 11.5 Å². The van der Waals surface area contributed by atoms with Gasteiger partial charge in [0, 0.05) is 0 Å². The zero-order valence-electron chi connectivity index (χ0n) is 17.3. The molecule has 1 aromatic rings. The summed E-state index contributed by atoms with van der Waals surface area (Å²) < 4.78 is 38.8. The van der Waals surface area contributed by atoms with Crippen LogP contribution in [0.3, 0.4) is 0 Å². The molecule has 2 fully saturated rings. The first-order valence-electron chi connectivity index (χ1n) is 11.0. The molecule has 0 aliphatic heterocycles. The molecule has 0 bridgehead atoms. The highest BCUT2D eigenvalue weighted by Gasteiger charge is 2.30. The summed E-state index contributed by atoms with van der Waals surface area (Å²) in [5.41, 5.74) is 0. The SMILES string of the molecule is CC=CC1CCC(C2CCC(COc3ccc(OCC)c(F)c3F)CC2)CC1. The Labute approximate surface area is 168 Å². The van der Waals surface area contributed by atoms with Crippen molar-refractivity contribution in [3.63, 3.8) is 0 Å². The molecule has 0 aromatic heterocycles. The van der Waals surface area contributed by atoms with Crippen molar-refractivity contribution >= 4 is 0 Å². The number of benzene rings is 1. The molecule has 2 aliphatic rings. The standard InChI is InChI=1S/C24H34F2O2/c1-3-5-17-6-10-19(11-7-17)20-12-8-18(9-13-20)16-28-22-15-14-21(27-4-2)23(25)24(22)26/h3,5,14-15,17-20H,4,6-13,16H2,1-2H3. The van der Waals surface area contributed by atoms with Crippen molar-refractivity contribution in [1.82, 2.24) is 0 Å². The van der Waals surface area contributed by atoms with E-state index >= 15 is 0 Å². The Morgan fingerprint density at radius 2 is 1.39 bits per heavy atom. The maximum absolute atomic E-state index is 14.1. The molecular weight excluding hydrogens is 358 g/mol. The summed E-state index contributed by atoms with van der Waals surface area (Å²) in [6.45, 7) is 4.62. The van der Waals surface area contributed by atoms with Crippen molar-refractivity contribution in [2.75, 3.05) is 13.2 Å². The van der Waals surface area contributed by atoms with Crippen LogP contribution in [0.25, 0.3) is 0 Å². The van der Waals surface area contributed by atoms with E-state index in [1.54, 1.807) is 6.92 Å². The predicted octanol–water partition coefficient (Wildman–Crippen LogP) is 6.93. The predicted molar refractivity (Wildman–Crippen MR) is 109 cm³/mol. The van der Waals surface area contributed by atoms with Gasteiger partial charge in [0.2, 0.25) is 11.6 Å². The zero-order valence-corrected chi connectivity index (χ0v) is 17.3. The second-order valence-corrected chi connectivity index (χ2v) is 8.42. The maximum Gasteiger partial charge on any atom is 0.204 e. The minimum atomic E-state index is -0.962. The van der Waals surface area contributed by atoms with Gasteiger partial charge >= 0.3 is 0 Å². The molecule has 0 amide bonds. The highest BCUT2D eigenvalue weighted by atomic mass is 19.2. The Hall–Kier alpha value is -1.58. The van der Waals surface area contributed by atoms with Crippen molar-refractivity contribution in [2.45, 2.75) is 65.2 Å². The molecule has 0 radical (unpaired) electrons. The number of halogens is 2. The smallest absolute Gasteiger partial charge is 0.204 e. The molecule has 156 valence electrons. The second-order valence-electron chi connectivity index (χ2n) is 8.42. The Morgan fingerprint density at radius 3 is 1.93 bits per heavy atom. The molecule has 0 saturated heterocycles. The van der Waals surface area contributed by atoms with Gasteiger partial charge in [0.1, 0.15) is 0 Å². The van der Waals surface area contributed by atoms with E-state index in [-0.39, 0.29) is 11.5 Å². The summed E-state index contributed by atoms with van der Waals surface area (Å²) in [4.78, 5) is 0. The molecule has 2 saturated carbocycles. The highest BCUT2D eigenvalue weighted by Crippen LogP contribution is 2.41. The van der Waals surface area contributed by atoms with Crippen LogP contribution in [0.5, 0.6) is 11.5 Å². The van der Waals surface area contributed by atoms with Crippen LogP contribution in [0.2, 0.25) is 0 Å². The quantitative estimate of drug-likeness (QED) is 0.468. The molecule has 3 rings (SSSR count). The first-order chi connectivity index (χ1) is 13.6. The number of ether oxygens (including phenoxy) is 2. The van der Waals surface area contributed by atoms with Crippen molar-refractivity contribution in [3.05, 3.63) is 35.9 Å². The summed E-state index contributed by atoms with van der Waals surface area (Å²) in [6.07, 6.45) is 14.7. The van der Waals surface area contributed by atoms with Crippen LogP contribution in [0.4, 0.5) is 8.78 Å². The lowest BCUT2D eigenvalue weighted by atomic mass is 9.69. The van der Waals surface area contributed by atoms with Crippen LogP contribution < -0.4 is 9.47 Å². The summed E-state index contributed by atoms with van der Waals surface area (Å²) in [7, 11) is 0. The third kappa shape index (κ3) is 5.27. The fourth-order valence-electron chi connectivity index (χ4n) is 5.01. The van der Waals surface area contributed by atoms with Gasteiger partial charge in [-0.3, -0.25) is 0 Å². The van der Waals surface area contributed by atoms with Crippen LogP contribution in [0.1, 0.15) is 65.2 Å². The molecule has 0 atom stereocenters. The van der Waals surface area contributed by atoms with E-state index < -0.39 is 11.6 Å². The van der Waals surface area contributed by atoms with Gasteiger partial charge in [0.25, 0.3) is 0 Å². The van der Waals surface area contributed by atoms with Crippen molar-refractivity contribution in [1.29, 1.82) is 0 Å². The Morgan fingerprint density at radius 1 is 0.857 bits per heavy atom. The lowest BCUT2D eigenvalue weighted by Gasteiger charge is -2.37. The normalized spacial score (nSPS) is 28.4. The molecule has 0 unspecified atom stereocenters. The van der Waals surface area contributed by atoms with E-state index in [2.05, 4.69) is 19.1 Å². The molecule has 0 heterocycles. The Bertz CT molecular complexity index is 642. The van der Waals surface area contributed by atoms with Crippen LogP contribution >= 0.6 is 0 Å². The number of rotatable bonds is 7. The van der Waals surface area contributed by atoms with Crippen LogP contribution in [0, 0.1) is 35.3 Å². The molecule has 0 N–H and O–H groups in total. The van der Waals surface area contributed by atoms with E-state index in [0.29, 0.717) is 19.1 Å². The summed E-state index contributed by atoms with van der Waals surface area (Å²) in [5.74, 6) is 0.958. The van der Waals surface area contributed by atoms with E-state index in [1.807, 2.05) is 0 Å². The molecule has 28 heavy (non-hydrogen) atoms. The molecule has 2 aliphatic carbocycles. The van der Waals surface area contributed by atoms with Gasteiger partial charge in [-0.05, 0) is 101 Å². The molecule has 0 spiro atoms. The van der Waals surface area contributed by atoms with E-state index in [1.165, 1.54) is 50.7 Å². The van der Waals surface area contributed by atoms with Gasteiger partial charge in [-0.15, -0.1) is 0 Å². The summed E-state index contributed by atoms with van der Waals surface area (Å²) in [6, 6.07) is 2.91. The molecule has 4 heteroatoms. The first kappa shape index (κ1) is 21.1. The van der Waals surface area contributed by atoms with Crippen molar-refractivity contribution < 1.29 is 18.3 Å². The Balaban J connectivity index is 1.43. The largest absolute Gasteiger partial charge is 0.491 e. The third-order valence-electron chi connectivity index (χ3n) is 6.63. The zero-order chi connectivity index (χ0) is 19.9. The van der Waals surface area contributed by atoms with E-state index in [9.17, 15) is 8.78 Å². The second kappa shape index (κ2) is 10.3. The number of allylic oxidation sites excluding steroid dienone is 2. The van der Waals surface area contributed by atoms with Gasteiger partial charge in [-0.2, -0.15) is 8.78 Å². The number of hydrogen-bond donors (Lipinski definition) is 0. The highest BCUT2D eigenvalue weighted by molar-refractivity contribution is 5.35. The lowest BCUT2D eigenvalue weighted by Crippen LogP contribution is -2.27. The Kier molecular flexibility index (Phi) is 7.75. The molecular formula is C24H34F2O2. The first-order valence-corrected chi connectivity index (χ1v) is 11.0. The minimum Gasteiger partial charge on any atom is -0.491 e. The third-order valence-corrected chi connectivity index (χ3v) is 6.63. The van der Waals surface area contributed by atoms with Crippen LogP contribution in [0.15, 0.2) is 24.3 Å². The average Bonchev–Trinajstić information content (AvgIpc) is 2.72. The van der Waals surface area contributed by atoms with E-state index in [4.69, 9.17) is 9.47 Å². The van der Waals surface area contributed by atoms with Gasteiger partial charge in [0.05, 0.1) is 13.2 Å². The average molecular weight is 393 g/mol. The topological polar surface area (TPSA) is 18.5 Å². The maximum atomic E-state index is 14.1. The molecule has 2 nitrogen and oxygen atoms in total. The fraction of sp³-hybridized carbons (Fsp3) is 0.667. The summed E-state index contributed by atoms with van der Waals surface area (Å²) in [5, 5.41) is 0. The van der Waals surface area contributed by atoms with Crippen molar-refractivity contribution in [2.24, 2.45) is 23.7 Å². The lowest BCUT2D eigenvalue weighted by molar-refractivity contribution is 0.127. The van der Waals surface area contributed by atoms with Gasteiger partial charge in [-0.25, -0.2) is 0 Å². The minimum absolute atomic E-state index is 0.00891. The van der Waals surface area contributed by atoms with Crippen LogP contribution in [-0.4, -0.2) is 13.2 Å². The van der Waals surface area contributed by atoms with Gasteiger partial charge in [0.15, 0.2) is 11.5 Å². The summed E-state index contributed by atoms with van der Waals surface area (Å²) >= 11 is 0. The number of hydrogen-bond acceptors (Lipinski definition) is 2.